The van der Waals surface area contributed by atoms with Crippen LogP contribution in [0.1, 0.15) is 5.56 Å². The summed E-state index contributed by atoms with van der Waals surface area (Å²) in [4.78, 5) is 13.7. The Morgan fingerprint density at radius 3 is 2.33 bits per heavy atom. The van der Waals surface area contributed by atoms with E-state index in [1.165, 1.54) is 4.31 Å². The van der Waals surface area contributed by atoms with Gasteiger partial charge in [0.1, 0.15) is 0 Å². The lowest BCUT2D eigenvalue weighted by Gasteiger charge is -2.31. The second-order valence-electron chi connectivity index (χ2n) is 7.75. The summed E-state index contributed by atoms with van der Waals surface area (Å²) in [5, 5.41) is 4.84. The topological polar surface area (TPSA) is 70.9 Å². The molecule has 7 heteroatoms. The van der Waals surface area contributed by atoms with Crippen molar-refractivity contribution in [1.29, 1.82) is 0 Å². The number of amides is 1. The summed E-state index contributed by atoms with van der Waals surface area (Å²) >= 11 is 0. The minimum Gasteiger partial charge on any atom is -0.325 e. The van der Waals surface area contributed by atoms with Crippen molar-refractivity contribution in [3.05, 3.63) is 72.3 Å². The zero-order valence-electron chi connectivity index (χ0n) is 17.0. The van der Waals surface area contributed by atoms with Crippen LogP contribution in [0.5, 0.6) is 0 Å². The molecule has 30 heavy (non-hydrogen) atoms. The largest absolute Gasteiger partial charge is 0.325 e. The van der Waals surface area contributed by atoms with Crippen molar-refractivity contribution < 1.29 is 18.1 Å². The van der Waals surface area contributed by atoms with Gasteiger partial charge in [0.2, 0.25) is 10.0 Å². The Morgan fingerprint density at radius 2 is 1.63 bits per heavy atom. The molecule has 1 amide bonds. The highest BCUT2D eigenvalue weighted by molar-refractivity contribution is 7.89. The Bertz CT molecular complexity index is 1150. The number of hydrogen-bond donors (Lipinski definition) is 2. The highest BCUT2D eigenvalue weighted by Gasteiger charge is 2.31. The standard InChI is InChI=1S/C23H25N3O3S/c1-18-6-9-21(10-7-18)24-23(27)17-25-12-14-26(15-13-25)30(28,29)22-11-8-19-4-2-3-5-20(19)16-22/h2-11,16H,12-15,17H2,1H3,(H,24,27)/p+1. The number of quaternary nitrogens is 1. The Morgan fingerprint density at radius 1 is 0.967 bits per heavy atom. The molecule has 0 atom stereocenters. The highest BCUT2D eigenvalue weighted by Crippen LogP contribution is 2.21. The molecule has 0 aromatic heterocycles. The summed E-state index contributed by atoms with van der Waals surface area (Å²) in [5.41, 5.74) is 1.92. The smallest absolute Gasteiger partial charge is 0.279 e. The van der Waals surface area contributed by atoms with Crippen LogP contribution in [-0.4, -0.2) is 51.4 Å². The fourth-order valence-corrected chi connectivity index (χ4v) is 5.24. The number of rotatable bonds is 5. The molecule has 6 nitrogen and oxygen atoms in total. The van der Waals surface area contributed by atoms with Crippen molar-refractivity contribution in [2.75, 3.05) is 38.0 Å². The summed E-state index contributed by atoms with van der Waals surface area (Å²) in [6.45, 7) is 4.35. The molecule has 4 rings (SSSR count). The minimum absolute atomic E-state index is 0.0558. The first kappa shape index (κ1) is 20.5. The lowest BCUT2D eigenvalue weighted by molar-refractivity contribution is -0.895. The van der Waals surface area contributed by atoms with Gasteiger partial charge in [0, 0.05) is 5.69 Å². The summed E-state index contributed by atoms with van der Waals surface area (Å²) in [7, 11) is -3.54. The van der Waals surface area contributed by atoms with Gasteiger partial charge in [-0.1, -0.05) is 48.0 Å². The average Bonchev–Trinajstić information content (AvgIpc) is 2.75. The monoisotopic (exact) mass is 424 g/mol. The quantitative estimate of drug-likeness (QED) is 0.655. The second kappa shape index (κ2) is 8.55. The van der Waals surface area contributed by atoms with Gasteiger partial charge in [0.15, 0.2) is 6.54 Å². The van der Waals surface area contributed by atoms with Gasteiger partial charge in [-0.3, -0.25) is 4.79 Å². The molecule has 1 heterocycles. The number of nitrogens with one attached hydrogen (secondary N) is 2. The van der Waals surface area contributed by atoms with Gasteiger partial charge in [0.05, 0.1) is 31.1 Å². The Kier molecular flexibility index (Phi) is 5.85. The van der Waals surface area contributed by atoms with E-state index in [-0.39, 0.29) is 5.91 Å². The van der Waals surface area contributed by atoms with E-state index in [4.69, 9.17) is 0 Å². The van der Waals surface area contributed by atoms with Crippen LogP contribution in [-0.2, 0) is 14.8 Å². The van der Waals surface area contributed by atoms with Crippen LogP contribution in [0.15, 0.2) is 71.6 Å². The van der Waals surface area contributed by atoms with E-state index in [9.17, 15) is 13.2 Å². The normalized spacial score (nSPS) is 15.9. The van der Waals surface area contributed by atoms with E-state index in [2.05, 4.69) is 5.32 Å². The van der Waals surface area contributed by atoms with Gasteiger partial charge in [0.25, 0.3) is 5.91 Å². The molecule has 156 valence electrons. The molecule has 0 unspecified atom stereocenters. The molecule has 0 spiro atoms. The maximum Gasteiger partial charge on any atom is 0.279 e. The van der Waals surface area contributed by atoms with E-state index in [1.54, 1.807) is 12.1 Å². The number of carbonyl (C=O) groups excluding carboxylic acids is 1. The number of carbonyl (C=O) groups is 1. The number of anilines is 1. The molecule has 1 aliphatic heterocycles. The molecule has 0 bridgehead atoms. The lowest BCUT2D eigenvalue weighted by atomic mass is 10.1. The van der Waals surface area contributed by atoms with Crippen molar-refractivity contribution in [2.24, 2.45) is 0 Å². The maximum absolute atomic E-state index is 13.1. The summed E-state index contributed by atoms with van der Waals surface area (Å²) < 4.78 is 27.7. The van der Waals surface area contributed by atoms with E-state index < -0.39 is 10.0 Å². The highest BCUT2D eigenvalue weighted by atomic mass is 32.2. The molecule has 0 saturated carbocycles. The van der Waals surface area contributed by atoms with E-state index in [0.717, 1.165) is 26.9 Å². The molecule has 3 aromatic carbocycles. The molecule has 0 radical (unpaired) electrons. The van der Waals surface area contributed by atoms with Gasteiger partial charge in [-0.15, -0.1) is 0 Å². The van der Waals surface area contributed by atoms with Crippen LogP contribution in [0.2, 0.25) is 0 Å². The number of piperazine rings is 1. The zero-order valence-corrected chi connectivity index (χ0v) is 17.8. The number of sulfonamides is 1. The number of benzene rings is 3. The average molecular weight is 425 g/mol. The Balaban J connectivity index is 1.36. The molecular weight excluding hydrogens is 398 g/mol. The van der Waals surface area contributed by atoms with Crippen molar-refractivity contribution in [2.45, 2.75) is 11.8 Å². The van der Waals surface area contributed by atoms with Gasteiger partial charge >= 0.3 is 0 Å². The third-order valence-electron chi connectivity index (χ3n) is 5.53. The summed E-state index contributed by atoms with van der Waals surface area (Å²) in [5.74, 6) is -0.0558. The zero-order chi connectivity index (χ0) is 21.1. The van der Waals surface area contributed by atoms with Crippen LogP contribution < -0.4 is 10.2 Å². The molecule has 1 saturated heterocycles. The Hall–Kier alpha value is -2.74. The molecule has 2 N–H and O–H groups in total. The predicted molar refractivity (Wildman–Crippen MR) is 118 cm³/mol. The van der Waals surface area contributed by atoms with Crippen LogP contribution in [0.3, 0.4) is 0 Å². The Labute approximate surface area is 177 Å². The summed E-state index contributed by atoms with van der Waals surface area (Å²) in [6.07, 6.45) is 0. The maximum atomic E-state index is 13.1. The number of nitrogens with zero attached hydrogens (tertiary/aromatic N) is 1. The van der Waals surface area contributed by atoms with Crippen LogP contribution in [0.25, 0.3) is 10.8 Å². The molecule has 3 aromatic rings. The minimum atomic E-state index is -3.54. The fraction of sp³-hybridized carbons (Fsp3) is 0.261. The number of aryl methyl sites for hydroxylation is 1. The van der Waals surface area contributed by atoms with Crippen LogP contribution in [0.4, 0.5) is 5.69 Å². The van der Waals surface area contributed by atoms with E-state index in [0.29, 0.717) is 37.6 Å². The van der Waals surface area contributed by atoms with Crippen LogP contribution in [0, 0.1) is 6.92 Å². The molecule has 1 aliphatic rings. The third-order valence-corrected chi connectivity index (χ3v) is 7.43. The third kappa shape index (κ3) is 4.53. The van der Waals surface area contributed by atoms with Crippen LogP contribution >= 0.6 is 0 Å². The predicted octanol–water partition coefficient (Wildman–Crippen LogP) is 1.68. The second-order valence-corrected chi connectivity index (χ2v) is 9.69. The lowest BCUT2D eigenvalue weighted by Crippen LogP contribution is -3.15. The first-order valence-corrected chi connectivity index (χ1v) is 11.5. The van der Waals surface area contributed by atoms with Crippen molar-refractivity contribution in [1.82, 2.24) is 4.31 Å². The van der Waals surface area contributed by atoms with E-state index >= 15 is 0 Å². The number of hydrogen-bond acceptors (Lipinski definition) is 3. The first-order chi connectivity index (χ1) is 14.4. The van der Waals surface area contributed by atoms with Gasteiger partial charge in [-0.2, -0.15) is 4.31 Å². The van der Waals surface area contributed by atoms with E-state index in [1.807, 2.05) is 61.5 Å². The molecule has 1 fully saturated rings. The van der Waals surface area contributed by atoms with Crippen molar-refractivity contribution in [3.8, 4) is 0 Å². The SMILES string of the molecule is Cc1ccc(NC(=O)C[NH+]2CCN(S(=O)(=O)c3ccc4ccccc4c3)CC2)cc1. The first-order valence-electron chi connectivity index (χ1n) is 10.1. The van der Waals surface area contributed by atoms with Crippen molar-refractivity contribution in [3.63, 3.8) is 0 Å². The van der Waals surface area contributed by atoms with Gasteiger partial charge in [-0.05, 0) is 42.0 Å². The van der Waals surface area contributed by atoms with Gasteiger partial charge < -0.3 is 10.2 Å². The summed E-state index contributed by atoms with van der Waals surface area (Å²) in [6, 6.07) is 20.7. The number of fused-ring (bicyclic) bond motifs is 1. The fourth-order valence-electron chi connectivity index (χ4n) is 3.77. The molecular formula is C23H26N3O3S+. The van der Waals surface area contributed by atoms with Gasteiger partial charge in [-0.25, -0.2) is 8.42 Å². The molecule has 0 aliphatic carbocycles. The van der Waals surface area contributed by atoms with Crippen molar-refractivity contribution >= 4 is 32.4 Å².